The minimum absolute atomic E-state index is 0.0216. The van der Waals surface area contributed by atoms with Gasteiger partial charge < -0.3 is 10.0 Å². The van der Waals surface area contributed by atoms with Gasteiger partial charge in [-0.05, 0) is 50.2 Å². The number of hydrogen-bond donors (Lipinski definition) is 1. The summed E-state index contributed by atoms with van der Waals surface area (Å²) in [6.45, 7) is 4.09. The van der Waals surface area contributed by atoms with Crippen LogP contribution in [0.15, 0.2) is 66.7 Å². The van der Waals surface area contributed by atoms with E-state index in [1.807, 2.05) is 49.1 Å². The van der Waals surface area contributed by atoms with Gasteiger partial charge in [0, 0.05) is 23.1 Å². The molecule has 0 aliphatic rings. The third-order valence-corrected chi connectivity index (χ3v) is 3.98. The maximum atomic E-state index is 10.9. The quantitative estimate of drug-likeness (QED) is 0.665. The molecular formula is C21H19NO2. The Balaban J connectivity index is 2.14. The maximum Gasteiger partial charge on any atom is 0.153 e. The molecule has 0 fully saturated rings. The van der Waals surface area contributed by atoms with E-state index in [0.29, 0.717) is 6.29 Å². The molecule has 120 valence electrons. The van der Waals surface area contributed by atoms with E-state index in [0.717, 1.165) is 17.1 Å². The lowest BCUT2D eigenvalue weighted by Crippen LogP contribution is -2.10. The summed E-state index contributed by atoms with van der Waals surface area (Å²) in [5, 5.41) is 10.1. The molecule has 0 bridgehead atoms. The summed E-state index contributed by atoms with van der Waals surface area (Å²) < 4.78 is 0. The third-order valence-electron chi connectivity index (χ3n) is 3.98. The van der Waals surface area contributed by atoms with Crippen LogP contribution in [0.4, 0.5) is 17.1 Å². The van der Waals surface area contributed by atoms with E-state index < -0.39 is 0 Å². The lowest BCUT2D eigenvalue weighted by molar-refractivity contribution is 0.112. The Hall–Kier alpha value is -3.07. The molecule has 0 spiro atoms. The molecule has 0 aliphatic heterocycles. The Morgan fingerprint density at radius 1 is 0.750 bits per heavy atom. The monoisotopic (exact) mass is 317 g/mol. The minimum atomic E-state index is -0.0216. The average Bonchev–Trinajstić information content (AvgIpc) is 2.59. The number of aromatic hydroxyl groups is 1. The predicted octanol–water partition coefficient (Wildman–Crippen LogP) is 5.29. The molecule has 3 heteroatoms. The highest BCUT2D eigenvalue weighted by Crippen LogP contribution is 2.36. The van der Waals surface area contributed by atoms with Crippen molar-refractivity contribution in [1.82, 2.24) is 0 Å². The van der Waals surface area contributed by atoms with Gasteiger partial charge in [-0.15, -0.1) is 0 Å². The van der Waals surface area contributed by atoms with E-state index >= 15 is 0 Å². The zero-order valence-electron chi connectivity index (χ0n) is 13.7. The summed E-state index contributed by atoms with van der Waals surface area (Å²) in [5.41, 5.74) is 5.42. The van der Waals surface area contributed by atoms with Crippen LogP contribution in [0.2, 0.25) is 0 Å². The molecule has 0 amide bonds. The zero-order chi connectivity index (χ0) is 17.1. The van der Waals surface area contributed by atoms with Gasteiger partial charge in [0.15, 0.2) is 6.29 Å². The van der Waals surface area contributed by atoms with Crippen LogP contribution in [0.3, 0.4) is 0 Å². The van der Waals surface area contributed by atoms with Crippen LogP contribution in [-0.4, -0.2) is 11.4 Å². The second-order valence-electron chi connectivity index (χ2n) is 5.87. The number of hydrogen-bond acceptors (Lipinski definition) is 3. The number of phenols is 1. The van der Waals surface area contributed by atoms with Gasteiger partial charge in [-0.2, -0.15) is 0 Å². The van der Waals surface area contributed by atoms with Crippen molar-refractivity contribution in [1.29, 1.82) is 0 Å². The van der Waals surface area contributed by atoms with Gasteiger partial charge in [0.2, 0.25) is 0 Å². The first-order valence-electron chi connectivity index (χ1n) is 7.80. The molecule has 0 saturated heterocycles. The maximum absolute atomic E-state index is 10.9. The summed E-state index contributed by atoms with van der Waals surface area (Å²) in [7, 11) is 0. The molecule has 0 unspecified atom stereocenters. The molecule has 0 saturated carbocycles. The lowest BCUT2D eigenvalue weighted by Gasteiger charge is -2.26. The van der Waals surface area contributed by atoms with Crippen LogP contribution >= 0.6 is 0 Å². The van der Waals surface area contributed by atoms with Gasteiger partial charge in [0.1, 0.15) is 5.75 Å². The molecule has 3 rings (SSSR count). The first-order valence-corrected chi connectivity index (χ1v) is 7.80. The fourth-order valence-corrected chi connectivity index (χ4v) is 2.61. The van der Waals surface area contributed by atoms with Gasteiger partial charge in [0.25, 0.3) is 0 Å². The van der Waals surface area contributed by atoms with Crippen molar-refractivity contribution in [3.05, 3.63) is 83.4 Å². The highest BCUT2D eigenvalue weighted by Gasteiger charge is 2.14. The van der Waals surface area contributed by atoms with Crippen LogP contribution in [0, 0.1) is 13.8 Å². The number of anilines is 3. The molecule has 0 radical (unpaired) electrons. The van der Waals surface area contributed by atoms with E-state index in [2.05, 4.69) is 24.3 Å². The van der Waals surface area contributed by atoms with Crippen LogP contribution in [-0.2, 0) is 0 Å². The highest BCUT2D eigenvalue weighted by atomic mass is 16.3. The minimum Gasteiger partial charge on any atom is -0.507 e. The number of aldehydes is 1. The second kappa shape index (κ2) is 6.59. The van der Waals surface area contributed by atoms with Crippen molar-refractivity contribution < 1.29 is 9.90 Å². The Labute approximate surface area is 141 Å². The molecule has 0 aromatic heterocycles. The van der Waals surface area contributed by atoms with Gasteiger partial charge in [-0.1, -0.05) is 35.4 Å². The Morgan fingerprint density at radius 2 is 1.21 bits per heavy atom. The number of aryl methyl sites for hydroxylation is 2. The molecule has 3 aromatic carbocycles. The van der Waals surface area contributed by atoms with E-state index in [1.165, 1.54) is 11.1 Å². The van der Waals surface area contributed by atoms with E-state index in [1.54, 1.807) is 12.1 Å². The summed E-state index contributed by atoms with van der Waals surface area (Å²) in [6, 6.07) is 21.5. The molecular weight excluding hydrogens is 298 g/mol. The Bertz CT molecular complexity index is 807. The average molecular weight is 317 g/mol. The van der Waals surface area contributed by atoms with Crippen molar-refractivity contribution >= 4 is 23.3 Å². The van der Waals surface area contributed by atoms with Crippen LogP contribution in [0.25, 0.3) is 0 Å². The molecule has 0 heterocycles. The summed E-state index contributed by atoms with van der Waals surface area (Å²) in [4.78, 5) is 13.0. The number of carbonyl (C=O) groups excluding carboxylic acids is 1. The van der Waals surface area contributed by atoms with Gasteiger partial charge in [-0.3, -0.25) is 4.79 Å². The highest BCUT2D eigenvalue weighted by molar-refractivity contribution is 5.83. The Kier molecular flexibility index (Phi) is 4.34. The van der Waals surface area contributed by atoms with Crippen molar-refractivity contribution in [2.24, 2.45) is 0 Å². The van der Waals surface area contributed by atoms with Crippen LogP contribution in [0.5, 0.6) is 5.75 Å². The molecule has 0 atom stereocenters. The van der Waals surface area contributed by atoms with Crippen LogP contribution < -0.4 is 4.90 Å². The second-order valence-corrected chi connectivity index (χ2v) is 5.87. The summed E-state index contributed by atoms with van der Waals surface area (Å²) in [5.74, 6) is -0.0216. The summed E-state index contributed by atoms with van der Waals surface area (Å²) in [6.07, 6.45) is 0.654. The van der Waals surface area contributed by atoms with Crippen LogP contribution in [0.1, 0.15) is 21.5 Å². The number of nitrogens with zero attached hydrogens (tertiary/aromatic N) is 1. The van der Waals surface area contributed by atoms with Crippen molar-refractivity contribution in [2.45, 2.75) is 13.8 Å². The van der Waals surface area contributed by atoms with Crippen molar-refractivity contribution in [3.8, 4) is 5.75 Å². The fourth-order valence-electron chi connectivity index (χ4n) is 2.61. The number of rotatable bonds is 4. The smallest absolute Gasteiger partial charge is 0.153 e. The third kappa shape index (κ3) is 3.15. The SMILES string of the molecule is Cc1ccc(N(c2ccc(C)cc2)c2ccc(C=O)c(O)c2)cc1. The van der Waals surface area contributed by atoms with Crippen molar-refractivity contribution in [2.75, 3.05) is 4.90 Å². The first-order chi connectivity index (χ1) is 11.6. The van der Waals surface area contributed by atoms with E-state index in [-0.39, 0.29) is 11.3 Å². The zero-order valence-corrected chi connectivity index (χ0v) is 13.7. The molecule has 24 heavy (non-hydrogen) atoms. The number of carbonyl (C=O) groups is 1. The number of benzene rings is 3. The first kappa shape index (κ1) is 15.8. The van der Waals surface area contributed by atoms with Gasteiger partial charge in [-0.25, -0.2) is 0 Å². The topological polar surface area (TPSA) is 40.5 Å². The fraction of sp³-hybridized carbons (Fsp3) is 0.0952. The number of phenolic OH excluding ortho intramolecular Hbond substituents is 1. The molecule has 3 nitrogen and oxygen atoms in total. The van der Waals surface area contributed by atoms with E-state index in [4.69, 9.17) is 0 Å². The van der Waals surface area contributed by atoms with Gasteiger partial charge >= 0.3 is 0 Å². The van der Waals surface area contributed by atoms with Crippen molar-refractivity contribution in [3.63, 3.8) is 0 Å². The lowest BCUT2D eigenvalue weighted by atomic mass is 10.1. The molecule has 3 aromatic rings. The normalized spacial score (nSPS) is 10.4. The van der Waals surface area contributed by atoms with Gasteiger partial charge in [0.05, 0.1) is 5.56 Å². The Morgan fingerprint density at radius 3 is 1.62 bits per heavy atom. The largest absolute Gasteiger partial charge is 0.507 e. The predicted molar refractivity (Wildman–Crippen MR) is 97.7 cm³/mol. The van der Waals surface area contributed by atoms with E-state index in [9.17, 15) is 9.90 Å². The molecule has 0 aliphatic carbocycles. The summed E-state index contributed by atoms with van der Waals surface area (Å²) >= 11 is 0. The standard InChI is InChI=1S/C21H19NO2/c1-15-3-8-18(9-4-15)22(19-10-5-16(2)6-11-19)20-12-7-17(14-23)21(24)13-20/h3-14,24H,1-2H3. The molecule has 1 N–H and O–H groups in total.